The molecule has 2 aromatic carbocycles. The molecule has 1 amide bonds. The molecule has 1 aromatic heterocycles. The van der Waals surface area contributed by atoms with Gasteiger partial charge in [0.1, 0.15) is 0 Å². The number of anilines is 1. The number of nitrogens with two attached hydrogens (primary N) is 1. The van der Waals surface area contributed by atoms with Crippen LogP contribution in [-0.2, 0) is 6.42 Å². The van der Waals surface area contributed by atoms with E-state index in [0.717, 1.165) is 11.3 Å². The molecular weight excluding hydrogens is 356 g/mol. The molecule has 3 N–H and O–H groups in total. The van der Waals surface area contributed by atoms with Gasteiger partial charge in [0, 0.05) is 23.9 Å². The van der Waals surface area contributed by atoms with Gasteiger partial charge in [-0.3, -0.25) is 4.79 Å². The van der Waals surface area contributed by atoms with Crippen molar-refractivity contribution in [1.82, 2.24) is 9.97 Å². The lowest BCUT2D eigenvalue weighted by Gasteiger charge is -2.13. The molecule has 0 atom stereocenters. The highest BCUT2D eigenvalue weighted by Gasteiger charge is 2.12. The van der Waals surface area contributed by atoms with E-state index >= 15 is 0 Å². The van der Waals surface area contributed by atoms with Crippen molar-refractivity contribution in [3.05, 3.63) is 65.9 Å². The van der Waals surface area contributed by atoms with Crippen LogP contribution < -0.4 is 20.5 Å². The van der Waals surface area contributed by atoms with E-state index in [1.165, 1.54) is 0 Å². The summed E-state index contributed by atoms with van der Waals surface area (Å²) in [5.41, 5.74) is 8.21. The van der Waals surface area contributed by atoms with Gasteiger partial charge in [-0.25, -0.2) is 9.97 Å². The van der Waals surface area contributed by atoms with Gasteiger partial charge in [-0.2, -0.15) is 0 Å². The summed E-state index contributed by atoms with van der Waals surface area (Å²) in [6.07, 6.45) is 2.35. The molecule has 0 aliphatic carbocycles. The Morgan fingerprint density at radius 3 is 2.64 bits per heavy atom. The molecule has 0 saturated heterocycles. The molecule has 0 unspecified atom stereocenters. The highest BCUT2D eigenvalue weighted by atomic mass is 16.5. The second-order valence-electron chi connectivity index (χ2n) is 6.00. The fourth-order valence-corrected chi connectivity index (χ4v) is 2.97. The van der Waals surface area contributed by atoms with Gasteiger partial charge in [0.15, 0.2) is 11.5 Å². The zero-order chi connectivity index (χ0) is 19.9. The predicted octanol–water partition coefficient (Wildman–Crippen LogP) is 2.91. The van der Waals surface area contributed by atoms with Gasteiger partial charge in [-0.15, -0.1) is 0 Å². The standard InChI is InChI=1S/C21H22N4O3/c1-27-18-9-5-6-14(19(18)28-2)10-12-23-21-24-13-11-17(25-21)15-7-3-4-8-16(15)20(22)26/h3-9,11,13H,10,12H2,1-2H3,(H2,22,26)(H,23,24,25). The maximum atomic E-state index is 11.7. The third-order valence-electron chi connectivity index (χ3n) is 4.29. The molecule has 0 saturated carbocycles. The van der Waals surface area contributed by atoms with Gasteiger partial charge < -0.3 is 20.5 Å². The van der Waals surface area contributed by atoms with E-state index in [2.05, 4.69) is 15.3 Å². The SMILES string of the molecule is COc1cccc(CCNc2nccc(-c3ccccc3C(N)=O)n2)c1OC. The summed E-state index contributed by atoms with van der Waals surface area (Å²) < 4.78 is 10.8. The highest BCUT2D eigenvalue weighted by Crippen LogP contribution is 2.31. The van der Waals surface area contributed by atoms with Crippen molar-refractivity contribution in [3.8, 4) is 22.8 Å². The van der Waals surface area contributed by atoms with Crippen LogP contribution in [0.1, 0.15) is 15.9 Å². The number of amides is 1. The minimum Gasteiger partial charge on any atom is -0.493 e. The van der Waals surface area contributed by atoms with Crippen LogP contribution in [0.3, 0.4) is 0 Å². The van der Waals surface area contributed by atoms with Crippen molar-refractivity contribution >= 4 is 11.9 Å². The van der Waals surface area contributed by atoms with Crippen LogP contribution in [0, 0.1) is 0 Å². The Labute approximate surface area is 163 Å². The van der Waals surface area contributed by atoms with Crippen molar-refractivity contribution in [1.29, 1.82) is 0 Å². The molecule has 3 aromatic rings. The number of aromatic nitrogens is 2. The fraction of sp³-hybridized carbons (Fsp3) is 0.190. The quantitative estimate of drug-likeness (QED) is 0.625. The molecule has 0 spiro atoms. The molecule has 0 fully saturated rings. The largest absolute Gasteiger partial charge is 0.493 e. The normalized spacial score (nSPS) is 10.4. The number of ether oxygens (including phenoxy) is 2. The molecule has 0 bridgehead atoms. The van der Waals surface area contributed by atoms with Crippen molar-refractivity contribution in [2.75, 3.05) is 26.1 Å². The van der Waals surface area contributed by atoms with Gasteiger partial charge in [-0.1, -0.05) is 30.3 Å². The van der Waals surface area contributed by atoms with Gasteiger partial charge in [0.2, 0.25) is 11.9 Å². The topological polar surface area (TPSA) is 99.4 Å². The van der Waals surface area contributed by atoms with Crippen molar-refractivity contribution in [3.63, 3.8) is 0 Å². The summed E-state index contributed by atoms with van der Waals surface area (Å²) in [5, 5.41) is 3.21. The molecule has 0 aliphatic heterocycles. The molecule has 144 valence electrons. The summed E-state index contributed by atoms with van der Waals surface area (Å²) in [5.74, 6) is 1.39. The number of nitrogens with one attached hydrogen (secondary N) is 1. The Balaban J connectivity index is 1.74. The van der Waals surface area contributed by atoms with E-state index in [4.69, 9.17) is 15.2 Å². The smallest absolute Gasteiger partial charge is 0.249 e. The van der Waals surface area contributed by atoms with Crippen molar-refractivity contribution in [2.45, 2.75) is 6.42 Å². The summed E-state index contributed by atoms with van der Waals surface area (Å²) in [6, 6.07) is 14.6. The van der Waals surface area contributed by atoms with Crippen LogP contribution in [0.2, 0.25) is 0 Å². The Kier molecular flexibility index (Phi) is 6.06. The Morgan fingerprint density at radius 1 is 1.07 bits per heavy atom. The number of carbonyl (C=O) groups excluding carboxylic acids is 1. The lowest BCUT2D eigenvalue weighted by atomic mass is 10.0. The van der Waals surface area contributed by atoms with Gasteiger partial charge in [0.25, 0.3) is 0 Å². The minimum absolute atomic E-state index is 0.424. The van der Waals surface area contributed by atoms with Crippen LogP contribution >= 0.6 is 0 Å². The number of para-hydroxylation sites is 1. The van der Waals surface area contributed by atoms with E-state index in [9.17, 15) is 4.79 Å². The molecule has 3 rings (SSSR count). The average Bonchev–Trinajstić information content (AvgIpc) is 2.73. The number of hydrogen-bond acceptors (Lipinski definition) is 6. The number of nitrogens with zero attached hydrogens (tertiary/aromatic N) is 2. The number of hydrogen-bond donors (Lipinski definition) is 2. The molecular formula is C21H22N4O3. The number of primary amides is 1. The zero-order valence-corrected chi connectivity index (χ0v) is 15.8. The first-order valence-electron chi connectivity index (χ1n) is 8.80. The predicted molar refractivity (Wildman–Crippen MR) is 108 cm³/mol. The Hall–Kier alpha value is -3.61. The summed E-state index contributed by atoms with van der Waals surface area (Å²) in [7, 11) is 3.24. The highest BCUT2D eigenvalue weighted by molar-refractivity contribution is 5.99. The first-order valence-corrected chi connectivity index (χ1v) is 8.80. The second kappa shape index (κ2) is 8.85. The summed E-state index contributed by atoms with van der Waals surface area (Å²) in [4.78, 5) is 20.4. The number of rotatable bonds is 8. The first-order chi connectivity index (χ1) is 13.6. The first kappa shape index (κ1) is 19.2. The number of benzene rings is 2. The van der Waals surface area contributed by atoms with Crippen molar-refractivity contribution in [2.24, 2.45) is 5.73 Å². The minimum atomic E-state index is -0.492. The van der Waals surface area contributed by atoms with E-state index in [-0.39, 0.29) is 0 Å². The summed E-state index contributed by atoms with van der Waals surface area (Å²) >= 11 is 0. The lowest BCUT2D eigenvalue weighted by molar-refractivity contribution is 0.100. The van der Waals surface area contributed by atoms with Crippen LogP contribution in [0.15, 0.2) is 54.7 Å². The van der Waals surface area contributed by atoms with Crippen LogP contribution in [0.5, 0.6) is 11.5 Å². The third kappa shape index (κ3) is 4.20. The maximum absolute atomic E-state index is 11.7. The zero-order valence-electron chi connectivity index (χ0n) is 15.8. The third-order valence-corrected chi connectivity index (χ3v) is 4.29. The van der Waals surface area contributed by atoms with Crippen LogP contribution in [0.4, 0.5) is 5.95 Å². The van der Waals surface area contributed by atoms with Crippen LogP contribution in [-0.4, -0.2) is 36.6 Å². The van der Waals surface area contributed by atoms with Gasteiger partial charge in [0.05, 0.1) is 19.9 Å². The fourth-order valence-electron chi connectivity index (χ4n) is 2.97. The van der Waals surface area contributed by atoms with E-state index in [1.54, 1.807) is 38.6 Å². The summed E-state index contributed by atoms with van der Waals surface area (Å²) in [6.45, 7) is 0.602. The number of carbonyl (C=O) groups is 1. The van der Waals surface area contributed by atoms with Gasteiger partial charge >= 0.3 is 0 Å². The van der Waals surface area contributed by atoms with E-state index < -0.39 is 5.91 Å². The van der Waals surface area contributed by atoms with Gasteiger partial charge in [-0.05, 0) is 30.2 Å². The van der Waals surface area contributed by atoms with Crippen molar-refractivity contribution < 1.29 is 14.3 Å². The van der Waals surface area contributed by atoms with Crippen LogP contribution in [0.25, 0.3) is 11.3 Å². The Morgan fingerprint density at radius 2 is 1.89 bits per heavy atom. The maximum Gasteiger partial charge on any atom is 0.249 e. The molecule has 7 nitrogen and oxygen atoms in total. The van der Waals surface area contributed by atoms with E-state index in [0.29, 0.717) is 41.5 Å². The molecule has 7 heteroatoms. The second-order valence-corrected chi connectivity index (χ2v) is 6.00. The molecule has 1 heterocycles. The lowest BCUT2D eigenvalue weighted by Crippen LogP contribution is -2.13. The molecule has 0 aliphatic rings. The Bertz CT molecular complexity index is 975. The molecule has 28 heavy (non-hydrogen) atoms. The average molecular weight is 378 g/mol. The number of methoxy groups -OCH3 is 2. The van der Waals surface area contributed by atoms with E-state index in [1.807, 2.05) is 30.3 Å². The molecule has 0 radical (unpaired) electrons. The monoisotopic (exact) mass is 378 g/mol.